The second-order valence-corrected chi connectivity index (χ2v) is 13.8. The van der Waals surface area contributed by atoms with Crippen LogP contribution in [0.2, 0.25) is 0 Å². The maximum Gasteiger partial charge on any atom is 0.144 e. The summed E-state index contributed by atoms with van der Waals surface area (Å²) < 4.78 is 4.87. The molecule has 0 saturated heterocycles. The highest BCUT2D eigenvalue weighted by Crippen LogP contribution is 2.37. The molecule has 2 aromatic heterocycles. The first kappa shape index (κ1) is 28.4. The molecule has 0 saturated carbocycles. The van der Waals surface area contributed by atoms with Crippen molar-refractivity contribution in [3.8, 4) is 16.8 Å². The van der Waals surface area contributed by atoms with Crippen LogP contribution in [-0.4, -0.2) is 21.1 Å². The van der Waals surface area contributed by atoms with Gasteiger partial charge in [-0.15, -0.1) is 0 Å². The van der Waals surface area contributed by atoms with Crippen molar-refractivity contribution < 1.29 is 0 Å². The number of allylic oxidation sites excluding steroid dienone is 4. The smallest absolute Gasteiger partial charge is 0.144 e. The summed E-state index contributed by atoms with van der Waals surface area (Å²) in [5.41, 5.74) is 12.6. The molecule has 0 radical (unpaired) electrons. The van der Waals surface area contributed by atoms with Crippen LogP contribution in [-0.2, 0) is 6.42 Å². The van der Waals surface area contributed by atoms with E-state index in [-0.39, 0.29) is 6.17 Å². The minimum absolute atomic E-state index is 0.0968. The van der Waals surface area contributed by atoms with Crippen LogP contribution in [0.5, 0.6) is 0 Å². The molecule has 4 nitrogen and oxygen atoms in total. The van der Waals surface area contributed by atoms with Crippen molar-refractivity contribution in [2.45, 2.75) is 45.2 Å². The van der Waals surface area contributed by atoms with E-state index in [2.05, 4.69) is 155 Å². The number of fused-ring (bicyclic) bond motifs is 7. The summed E-state index contributed by atoms with van der Waals surface area (Å²) in [6.07, 6.45) is 21.4. The summed E-state index contributed by atoms with van der Waals surface area (Å²) in [5, 5.41) is 9.00. The molecule has 2 unspecified atom stereocenters. The average Bonchev–Trinajstić information content (AvgIpc) is 3.67. The Kier molecular flexibility index (Phi) is 6.51. The lowest BCUT2D eigenvalue weighted by Gasteiger charge is -2.31. The summed E-state index contributed by atoms with van der Waals surface area (Å²) in [6, 6.07) is 33.6. The number of para-hydroxylation sites is 2. The molecule has 0 fully saturated rings. The number of aromatic nitrogens is 2. The van der Waals surface area contributed by atoms with Crippen LogP contribution in [0, 0.1) is 5.92 Å². The normalized spacial score (nSPS) is 19.3. The number of hydrogen-bond donors (Lipinski definition) is 1. The second kappa shape index (κ2) is 11.2. The number of nitrogens with one attached hydrogen (secondary N) is 1. The molecule has 49 heavy (non-hydrogen) atoms. The van der Waals surface area contributed by atoms with Gasteiger partial charge in [0.05, 0.1) is 16.4 Å². The van der Waals surface area contributed by atoms with Gasteiger partial charge < -0.3 is 9.88 Å². The molecule has 2 atom stereocenters. The molecule has 10 rings (SSSR count). The molecule has 0 amide bonds. The zero-order valence-corrected chi connectivity index (χ0v) is 27.7. The zero-order chi connectivity index (χ0) is 32.5. The van der Waals surface area contributed by atoms with Crippen LogP contribution in [0.15, 0.2) is 126 Å². The van der Waals surface area contributed by atoms with E-state index in [0.29, 0.717) is 5.92 Å². The Hall–Kier alpha value is -5.61. The minimum Gasteiger partial charge on any atom is -0.360 e. The molecule has 238 valence electrons. The van der Waals surface area contributed by atoms with E-state index in [0.717, 1.165) is 49.2 Å². The fourth-order valence-corrected chi connectivity index (χ4v) is 8.51. The fraction of sp³-hybridized carbons (Fsp3) is 0.178. The summed E-state index contributed by atoms with van der Waals surface area (Å²) in [4.78, 5) is 5.51. The number of rotatable bonds is 3. The number of anilines is 1. The van der Waals surface area contributed by atoms with E-state index in [1.54, 1.807) is 0 Å². The van der Waals surface area contributed by atoms with E-state index >= 15 is 0 Å². The van der Waals surface area contributed by atoms with Crippen molar-refractivity contribution >= 4 is 51.6 Å². The molecular formula is C45H38N4. The lowest BCUT2D eigenvalue weighted by molar-refractivity contribution is 0.624. The van der Waals surface area contributed by atoms with Crippen molar-refractivity contribution in [2.75, 3.05) is 5.32 Å². The predicted octanol–water partition coefficient (Wildman–Crippen LogP) is 9.14. The molecule has 4 aliphatic rings. The predicted molar refractivity (Wildman–Crippen MR) is 206 cm³/mol. The van der Waals surface area contributed by atoms with E-state index in [9.17, 15) is 0 Å². The molecule has 1 N–H and O–H groups in total. The Balaban J connectivity index is 1.15. The maximum absolute atomic E-state index is 5.51. The lowest BCUT2D eigenvalue weighted by Crippen LogP contribution is -2.39. The van der Waals surface area contributed by atoms with Crippen molar-refractivity contribution in [1.82, 2.24) is 9.13 Å². The van der Waals surface area contributed by atoms with E-state index in [1.165, 1.54) is 66.0 Å². The van der Waals surface area contributed by atoms with Gasteiger partial charge in [-0.2, -0.15) is 0 Å². The Bertz CT molecular complexity index is 2570. The molecular weight excluding hydrogens is 597 g/mol. The van der Waals surface area contributed by atoms with Crippen LogP contribution in [0.4, 0.5) is 5.69 Å². The first-order valence-electron chi connectivity index (χ1n) is 17.8. The maximum atomic E-state index is 5.51. The highest BCUT2D eigenvalue weighted by molar-refractivity contribution is 6.11. The van der Waals surface area contributed by atoms with E-state index in [4.69, 9.17) is 4.99 Å². The molecule has 0 spiro atoms. The van der Waals surface area contributed by atoms with Gasteiger partial charge in [0.2, 0.25) is 0 Å². The summed E-state index contributed by atoms with van der Waals surface area (Å²) in [7, 11) is 0. The largest absolute Gasteiger partial charge is 0.360 e. The molecule has 0 bridgehead atoms. The quantitative estimate of drug-likeness (QED) is 0.207. The monoisotopic (exact) mass is 634 g/mol. The Morgan fingerprint density at radius 1 is 0.755 bits per heavy atom. The Morgan fingerprint density at radius 2 is 1.53 bits per heavy atom. The standard InChI is InChI=1S/C45H38N4/c1-29-13-5-6-16-33(29)44-46-39-20-10-7-19-36(39)45(47-44)49-41-22-12-9-18-35(41)38-28-31(24-26-43(38)49)30-23-25-42-37(27-30)34-17-8-11-21-40(34)48(42)32-14-3-2-4-15-32/h2-7,10-11,14-16,18-29,44,46H,8-9,12-13,17H2,1H3. The van der Waals surface area contributed by atoms with Crippen LogP contribution in [0.3, 0.4) is 0 Å². The molecule has 1 aliphatic heterocycles. The number of aryl methyl sites for hydroxylation is 1. The van der Waals surface area contributed by atoms with E-state index in [1.807, 2.05) is 0 Å². The highest BCUT2D eigenvalue weighted by Gasteiger charge is 2.28. The lowest BCUT2D eigenvalue weighted by atomic mass is 9.90. The van der Waals surface area contributed by atoms with Gasteiger partial charge in [-0.05, 0) is 115 Å². The first-order valence-corrected chi connectivity index (χ1v) is 17.8. The number of benzene rings is 4. The van der Waals surface area contributed by atoms with Crippen molar-refractivity contribution in [3.63, 3.8) is 0 Å². The van der Waals surface area contributed by atoms with Crippen molar-refractivity contribution in [3.05, 3.63) is 148 Å². The van der Waals surface area contributed by atoms with Crippen LogP contribution in [0.25, 0.3) is 56.8 Å². The Labute approximate surface area is 286 Å². The summed E-state index contributed by atoms with van der Waals surface area (Å²) in [6.45, 7) is 2.31. The van der Waals surface area contributed by atoms with Crippen LogP contribution >= 0.6 is 0 Å². The SMILES string of the molecule is CC1CC=CC=C1C1N=C(n2c3c(c4cc(-c5ccc6c(c5)c5c(n6-c6ccccc6)C=CCC5)ccc42)=CCCC=3)c2ccccc2N1. The van der Waals surface area contributed by atoms with Crippen LogP contribution in [0.1, 0.15) is 49.4 Å². The first-order chi connectivity index (χ1) is 24.2. The third-order valence-electron chi connectivity index (χ3n) is 10.9. The molecule has 3 aliphatic carbocycles. The van der Waals surface area contributed by atoms with E-state index < -0.39 is 0 Å². The third kappa shape index (κ3) is 4.47. The van der Waals surface area contributed by atoms with Gasteiger partial charge in [0.1, 0.15) is 12.0 Å². The van der Waals surface area contributed by atoms with Gasteiger partial charge in [0.25, 0.3) is 0 Å². The highest BCUT2D eigenvalue weighted by atomic mass is 15.2. The zero-order valence-electron chi connectivity index (χ0n) is 27.7. The molecule has 6 aromatic rings. The second-order valence-electron chi connectivity index (χ2n) is 13.8. The average molecular weight is 635 g/mol. The van der Waals surface area contributed by atoms with Gasteiger partial charge in [-0.1, -0.05) is 85.8 Å². The van der Waals surface area contributed by atoms with Gasteiger partial charge in [0, 0.05) is 38.6 Å². The van der Waals surface area contributed by atoms with Gasteiger partial charge >= 0.3 is 0 Å². The van der Waals surface area contributed by atoms with Gasteiger partial charge in [-0.25, -0.2) is 4.99 Å². The van der Waals surface area contributed by atoms with Crippen LogP contribution < -0.4 is 15.9 Å². The van der Waals surface area contributed by atoms with Crippen molar-refractivity contribution in [1.29, 1.82) is 0 Å². The fourth-order valence-electron chi connectivity index (χ4n) is 8.51. The molecule has 4 heteroatoms. The van der Waals surface area contributed by atoms with Gasteiger partial charge in [0.15, 0.2) is 0 Å². The number of nitrogens with zero attached hydrogens (tertiary/aromatic N) is 3. The summed E-state index contributed by atoms with van der Waals surface area (Å²) >= 11 is 0. The van der Waals surface area contributed by atoms with Crippen molar-refractivity contribution in [2.24, 2.45) is 10.9 Å². The number of aliphatic imine (C=N–C) groups is 1. The minimum atomic E-state index is -0.0968. The topological polar surface area (TPSA) is 34.2 Å². The Morgan fingerprint density at radius 3 is 2.39 bits per heavy atom. The molecule has 3 heterocycles. The van der Waals surface area contributed by atoms with Gasteiger partial charge in [-0.3, -0.25) is 4.57 Å². The third-order valence-corrected chi connectivity index (χ3v) is 10.9. The summed E-state index contributed by atoms with van der Waals surface area (Å²) in [5.74, 6) is 1.47. The molecule has 4 aromatic carbocycles. The number of hydrogen-bond acceptors (Lipinski definition) is 2.